The fourth-order valence-electron chi connectivity index (χ4n) is 1.36. The minimum atomic E-state index is -0.534. The van der Waals surface area contributed by atoms with Crippen LogP contribution in [0.3, 0.4) is 0 Å². The lowest BCUT2D eigenvalue weighted by atomic mass is 9.88. The Bertz CT molecular complexity index is 81.7. The molecule has 1 nitrogen and oxygen atoms in total. The second-order valence-corrected chi connectivity index (χ2v) is 2.85. The highest BCUT2D eigenvalue weighted by Gasteiger charge is 2.18. The summed E-state index contributed by atoms with van der Waals surface area (Å²) in [7, 11) is 0. The zero-order chi connectivity index (χ0) is 6.69. The van der Waals surface area contributed by atoms with Gasteiger partial charge in [0.05, 0.1) is 0 Å². The Morgan fingerprint density at radius 3 is 2.10 bits per heavy atom. The molecule has 0 amide bonds. The fraction of sp³-hybridized carbons (Fsp3) is 1.00. The molecule has 62 valence electrons. The Morgan fingerprint density at radius 1 is 1.20 bits per heavy atom. The summed E-state index contributed by atoms with van der Waals surface area (Å²) in [4.78, 5) is 0. The van der Waals surface area contributed by atoms with Crippen molar-refractivity contribution in [1.29, 1.82) is 0 Å². The molecule has 0 saturated heterocycles. The lowest BCUT2D eigenvalue weighted by Gasteiger charge is -2.22. The number of alkyl halides is 1. The summed E-state index contributed by atoms with van der Waals surface area (Å²) < 4.78 is 12.5. The van der Waals surface area contributed by atoms with E-state index in [-0.39, 0.29) is 12.4 Å². The largest absolute Gasteiger partial charge is 0.330 e. The van der Waals surface area contributed by atoms with Gasteiger partial charge in [-0.15, -0.1) is 12.4 Å². The Kier molecular flexibility index (Phi) is 5.00. The maximum atomic E-state index is 12.5. The molecule has 0 atom stereocenters. The molecule has 0 bridgehead atoms. The molecule has 1 fully saturated rings. The van der Waals surface area contributed by atoms with Crippen LogP contribution in [0.25, 0.3) is 0 Å². The predicted molar refractivity (Wildman–Crippen MR) is 43.2 cm³/mol. The van der Waals surface area contributed by atoms with Gasteiger partial charge in [0.1, 0.15) is 6.17 Å². The summed E-state index contributed by atoms with van der Waals surface area (Å²) in [6.07, 6.45) is 2.94. The van der Waals surface area contributed by atoms with Crippen molar-refractivity contribution in [2.45, 2.75) is 31.9 Å². The molecule has 0 aliphatic heterocycles. The van der Waals surface area contributed by atoms with Gasteiger partial charge in [-0.25, -0.2) is 4.39 Å². The molecular weight excluding hydrogens is 153 g/mol. The second kappa shape index (κ2) is 4.91. The molecule has 3 heteroatoms. The van der Waals surface area contributed by atoms with E-state index in [1.807, 2.05) is 0 Å². The molecule has 0 heterocycles. The Balaban J connectivity index is 0.000000810. The molecule has 2 N–H and O–H groups in total. The maximum absolute atomic E-state index is 12.5. The minimum Gasteiger partial charge on any atom is -0.330 e. The van der Waals surface area contributed by atoms with Crippen LogP contribution in [0.15, 0.2) is 0 Å². The van der Waals surface area contributed by atoms with Crippen molar-refractivity contribution in [3.63, 3.8) is 0 Å². The van der Waals surface area contributed by atoms with Crippen LogP contribution in [0.1, 0.15) is 25.7 Å². The Hall–Kier alpha value is 0.180. The van der Waals surface area contributed by atoms with Gasteiger partial charge in [-0.1, -0.05) is 0 Å². The van der Waals surface area contributed by atoms with E-state index in [2.05, 4.69) is 0 Å². The molecule has 1 rings (SSSR count). The third-order valence-corrected chi connectivity index (χ3v) is 2.11. The van der Waals surface area contributed by atoms with Gasteiger partial charge in [-0.05, 0) is 38.1 Å². The highest BCUT2D eigenvalue weighted by molar-refractivity contribution is 5.85. The first kappa shape index (κ1) is 10.2. The van der Waals surface area contributed by atoms with Crippen LogP contribution in [0.4, 0.5) is 4.39 Å². The van der Waals surface area contributed by atoms with Crippen LogP contribution in [-0.4, -0.2) is 12.7 Å². The summed E-state index contributed by atoms with van der Waals surface area (Å²) in [6.45, 7) is 0.743. The van der Waals surface area contributed by atoms with Crippen LogP contribution >= 0.6 is 12.4 Å². The average molecular weight is 168 g/mol. The molecule has 0 aromatic heterocycles. The molecule has 0 radical (unpaired) electrons. The molecule has 1 saturated carbocycles. The van der Waals surface area contributed by atoms with Gasteiger partial charge >= 0.3 is 0 Å². The molecule has 10 heavy (non-hydrogen) atoms. The summed E-state index contributed by atoms with van der Waals surface area (Å²) in [5.74, 6) is 0.608. The van der Waals surface area contributed by atoms with Crippen LogP contribution in [0, 0.1) is 5.92 Å². The standard InChI is InChI=1S/C7H14FN.ClH/c8-7-3-1-6(5-9)2-4-7;/h6-7H,1-5,9H2;1H. The van der Waals surface area contributed by atoms with Crippen molar-refractivity contribution in [2.24, 2.45) is 11.7 Å². The van der Waals surface area contributed by atoms with E-state index >= 15 is 0 Å². The van der Waals surface area contributed by atoms with Crippen molar-refractivity contribution in [2.75, 3.05) is 6.54 Å². The smallest absolute Gasteiger partial charge is 0.100 e. The highest BCUT2D eigenvalue weighted by Crippen LogP contribution is 2.24. The third-order valence-electron chi connectivity index (χ3n) is 2.11. The quantitative estimate of drug-likeness (QED) is 0.635. The predicted octanol–water partition coefficient (Wildman–Crippen LogP) is 1.90. The van der Waals surface area contributed by atoms with E-state index in [9.17, 15) is 4.39 Å². The van der Waals surface area contributed by atoms with Crippen LogP contribution in [0.2, 0.25) is 0 Å². The molecule has 0 spiro atoms. The van der Waals surface area contributed by atoms with Gasteiger partial charge < -0.3 is 5.73 Å². The van der Waals surface area contributed by atoms with Gasteiger partial charge in [0.15, 0.2) is 0 Å². The number of hydrogen-bond donors (Lipinski definition) is 1. The molecule has 1 aliphatic rings. The van der Waals surface area contributed by atoms with Gasteiger partial charge in [-0.2, -0.15) is 0 Å². The van der Waals surface area contributed by atoms with E-state index < -0.39 is 6.17 Å². The van der Waals surface area contributed by atoms with Gasteiger partial charge in [-0.3, -0.25) is 0 Å². The fourth-order valence-corrected chi connectivity index (χ4v) is 1.36. The topological polar surface area (TPSA) is 26.0 Å². The summed E-state index contributed by atoms with van der Waals surface area (Å²) >= 11 is 0. The van der Waals surface area contributed by atoms with Crippen molar-refractivity contribution in [3.8, 4) is 0 Å². The lowest BCUT2D eigenvalue weighted by Crippen LogP contribution is -2.21. The first-order chi connectivity index (χ1) is 4.33. The monoisotopic (exact) mass is 167 g/mol. The zero-order valence-corrected chi connectivity index (χ0v) is 6.87. The maximum Gasteiger partial charge on any atom is 0.100 e. The second-order valence-electron chi connectivity index (χ2n) is 2.85. The van der Waals surface area contributed by atoms with Gasteiger partial charge in [0.25, 0.3) is 0 Å². The van der Waals surface area contributed by atoms with E-state index in [4.69, 9.17) is 5.73 Å². The molecular formula is C7H15ClFN. The van der Waals surface area contributed by atoms with Crippen molar-refractivity contribution >= 4 is 12.4 Å². The number of rotatable bonds is 1. The number of hydrogen-bond acceptors (Lipinski definition) is 1. The van der Waals surface area contributed by atoms with Gasteiger partial charge in [0.2, 0.25) is 0 Å². The first-order valence-corrected chi connectivity index (χ1v) is 3.67. The normalized spacial score (nSPS) is 33.0. The molecule has 0 unspecified atom stereocenters. The van der Waals surface area contributed by atoms with E-state index in [1.165, 1.54) is 0 Å². The molecule has 1 aliphatic carbocycles. The number of halogens is 2. The van der Waals surface area contributed by atoms with Crippen LogP contribution < -0.4 is 5.73 Å². The summed E-state index contributed by atoms with van der Waals surface area (Å²) in [5.41, 5.74) is 5.43. The third kappa shape index (κ3) is 2.84. The van der Waals surface area contributed by atoms with Crippen molar-refractivity contribution in [1.82, 2.24) is 0 Å². The summed E-state index contributed by atoms with van der Waals surface area (Å²) in [5, 5.41) is 0. The lowest BCUT2D eigenvalue weighted by molar-refractivity contribution is 0.210. The highest BCUT2D eigenvalue weighted by atomic mass is 35.5. The summed E-state index contributed by atoms with van der Waals surface area (Å²) in [6, 6.07) is 0. The Morgan fingerprint density at radius 2 is 1.70 bits per heavy atom. The molecule has 0 aromatic carbocycles. The van der Waals surface area contributed by atoms with E-state index in [1.54, 1.807) is 0 Å². The van der Waals surface area contributed by atoms with E-state index in [0.717, 1.165) is 32.2 Å². The first-order valence-electron chi connectivity index (χ1n) is 3.67. The molecule has 0 aromatic rings. The average Bonchev–Trinajstić information content (AvgIpc) is 1.90. The number of nitrogens with two attached hydrogens (primary N) is 1. The van der Waals surface area contributed by atoms with Crippen molar-refractivity contribution in [3.05, 3.63) is 0 Å². The van der Waals surface area contributed by atoms with Crippen LogP contribution in [-0.2, 0) is 0 Å². The van der Waals surface area contributed by atoms with Crippen LogP contribution in [0.5, 0.6) is 0 Å². The van der Waals surface area contributed by atoms with Crippen molar-refractivity contribution < 1.29 is 4.39 Å². The minimum absolute atomic E-state index is 0. The Labute approximate surface area is 67.6 Å². The zero-order valence-electron chi connectivity index (χ0n) is 6.05. The van der Waals surface area contributed by atoms with Gasteiger partial charge in [0, 0.05) is 0 Å². The van der Waals surface area contributed by atoms with E-state index in [0.29, 0.717) is 5.92 Å². The SMILES string of the molecule is Cl.NCC1CCC(F)CC1.